The molecule has 0 amide bonds. The van der Waals surface area contributed by atoms with Crippen LogP contribution in [0.1, 0.15) is 23.2 Å². The molecule has 1 saturated heterocycles. The van der Waals surface area contributed by atoms with Crippen LogP contribution in [0.15, 0.2) is 54.6 Å². The molecule has 1 heterocycles. The van der Waals surface area contributed by atoms with E-state index in [-0.39, 0.29) is 17.8 Å². The number of phenols is 1. The van der Waals surface area contributed by atoms with E-state index < -0.39 is 6.04 Å². The second-order valence-electron chi connectivity index (χ2n) is 4.78. The van der Waals surface area contributed by atoms with Gasteiger partial charge in [-0.25, -0.2) is 4.79 Å². The summed E-state index contributed by atoms with van der Waals surface area (Å²) in [5.41, 5.74) is 1.87. The first-order chi connectivity index (χ1) is 9.74. The van der Waals surface area contributed by atoms with Gasteiger partial charge in [-0.05, 0) is 23.3 Å². The Morgan fingerprint density at radius 3 is 2.40 bits per heavy atom. The Kier molecular flexibility index (Phi) is 3.39. The minimum Gasteiger partial charge on any atom is -0.508 e. The SMILES string of the molecule is O=C1OC[C@H](c2ccccc2)N[C@@H]1c1ccc(O)cc1. The third-order valence-corrected chi connectivity index (χ3v) is 3.42. The maximum atomic E-state index is 11.9. The average Bonchev–Trinajstić information content (AvgIpc) is 2.50. The highest BCUT2D eigenvalue weighted by Crippen LogP contribution is 2.26. The van der Waals surface area contributed by atoms with Crippen LogP contribution in [-0.4, -0.2) is 17.7 Å². The lowest BCUT2D eigenvalue weighted by Gasteiger charge is -2.30. The monoisotopic (exact) mass is 269 g/mol. The number of rotatable bonds is 2. The lowest BCUT2D eigenvalue weighted by Crippen LogP contribution is -2.41. The van der Waals surface area contributed by atoms with E-state index in [0.717, 1.165) is 11.1 Å². The Morgan fingerprint density at radius 1 is 1.00 bits per heavy atom. The second kappa shape index (κ2) is 5.35. The molecule has 2 N–H and O–H groups in total. The minimum atomic E-state index is -0.505. The number of esters is 1. The minimum absolute atomic E-state index is 0.0206. The molecule has 2 aromatic carbocycles. The summed E-state index contributed by atoms with van der Waals surface area (Å²) in [6.45, 7) is 0.331. The van der Waals surface area contributed by atoms with Crippen LogP contribution >= 0.6 is 0 Å². The van der Waals surface area contributed by atoms with Gasteiger partial charge in [-0.1, -0.05) is 42.5 Å². The van der Waals surface area contributed by atoms with Crippen LogP contribution in [0.2, 0.25) is 0 Å². The maximum absolute atomic E-state index is 11.9. The van der Waals surface area contributed by atoms with Crippen molar-refractivity contribution < 1.29 is 14.6 Å². The summed E-state index contributed by atoms with van der Waals surface area (Å²) in [7, 11) is 0. The number of hydrogen-bond acceptors (Lipinski definition) is 4. The molecule has 0 unspecified atom stereocenters. The standard InChI is InChI=1S/C16H15NO3/c18-13-8-6-12(7-9-13)15-16(19)20-10-14(17-15)11-4-2-1-3-5-11/h1-9,14-15,17-18H,10H2/t14-,15-/m1/s1. The van der Waals surface area contributed by atoms with Gasteiger partial charge in [0.2, 0.25) is 0 Å². The van der Waals surface area contributed by atoms with Crippen molar-refractivity contribution in [3.05, 3.63) is 65.7 Å². The number of nitrogens with one attached hydrogen (secondary N) is 1. The number of cyclic esters (lactones) is 1. The molecule has 0 saturated carbocycles. The quantitative estimate of drug-likeness (QED) is 0.821. The first-order valence-electron chi connectivity index (χ1n) is 6.50. The number of morpholine rings is 1. The summed E-state index contributed by atoms with van der Waals surface area (Å²) in [5, 5.41) is 12.6. The molecular weight excluding hydrogens is 254 g/mol. The van der Waals surface area contributed by atoms with Gasteiger partial charge in [-0.2, -0.15) is 0 Å². The second-order valence-corrected chi connectivity index (χ2v) is 4.78. The Hall–Kier alpha value is -2.33. The molecule has 4 heteroatoms. The predicted molar refractivity (Wildman–Crippen MR) is 74.1 cm³/mol. The van der Waals surface area contributed by atoms with Gasteiger partial charge in [0.05, 0.1) is 6.04 Å². The smallest absolute Gasteiger partial charge is 0.327 e. The molecule has 3 rings (SSSR count). The van der Waals surface area contributed by atoms with Gasteiger partial charge in [0.25, 0.3) is 0 Å². The molecule has 1 aliphatic rings. The van der Waals surface area contributed by atoms with E-state index in [1.807, 2.05) is 30.3 Å². The third kappa shape index (κ3) is 2.51. The third-order valence-electron chi connectivity index (χ3n) is 3.42. The van der Waals surface area contributed by atoms with Gasteiger partial charge in [0.1, 0.15) is 18.4 Å². The number of ether oxygens (including phenoxy) is 1. The van der Waals surface area contributed by atoms with Crippen molar-refractivity contribution in [1.29, 1.82) is 0 Å². The van der Waals surface area contributed by atoms with Gasteiger partial charge >= 0.3 is 5.97 Å². The summed E-state index contributed by atoms with van der Waals surface area (Å²) >= 11 is 0. The fourth-order valence-electron chi connectivity index (χ4n) is 2.34. The van der Waals surface area contributed by atoms with E-state index in [1.165, 1.54) is 0 Å². The van der Waals surface area contributed by atoms with Crippen molar-refractivity contribution in [2.24, 2.45) is 0 Å². The van der Waals surface area contributed by atoms with Crippen LogP contribution in [0, 0.1) is 0 Å². The summed E-state index contributed by atoms with van der Waals surface area (Å²) in [5.74, 6) is -0.111. The van der Waals surface area contributed by atoms with Gasteiger partial charge in [0.15, 0.2) is 0 Å². The molecule has 4 nitrogen and oxygen atoms in total. The van der Waals surface area contributed by atoms with Crippen molar-refractivity contribution in [2.75, 3.05) is 6.61 Å². The fraction of sp³-hybridized carbons (Fsp3) is 0.188. The highest BCUT2D eigenvalue weighted by atomic mass is 16.5. The highest BCUT2D eigenvalue weighted by molar-refractivity contribution is 5.78. The van der Waals surface area contributed by atoms with Crippen LogP contribution in [0.25, 0.3) is 0 Å². The molecule has 1 fully saturated rings. The molecule has 0 radical (unpaired) electrons. The Balaban J connectivity index is 1.83. The van der Waals surface area contributed by atoms with Crippen molar-refractivity contribution in [3.63, 3.8) is 0 Å². The molecule has 20 heavy (non-hydrogen) atoms. The summed E-state index contributed by atoms with van der Waals surface area (Å²) in [4.78, 5) is 11.9. The number of carbonyl (C=O) groups excluding carboxylic acids is 1. The summed E-state index contributed by atoms with van der Waals surface area (Å²) < 4.78 is 5.28. The predicted octanol–water partition coefficient (Wildman–Crippen LogP) is 2.32. The van der Waals surface area contributed by atoms with Crippen LogP contribution in [0.3, 0.4) is 0 Å². The van der Waals surface area contributed by atoms with Crippen LogP contribution in [0.4, 0.5) is 0 Å². The molecule has 0 spiro atoms. The first kappa shape index (κ1) is 12.7. The summed E-state index contributed by atoms with van der Waals surface area (Å²) in [6.07, 6.45) is 0. The van der Waals surface area contributed by atoms with E-state index in [1.54, 1.807) is 24.3 Å². The zero-order valence-electron chi connectivity index (χ0n) is 10.8. The zero-order chi connectivity index (χ0) is 13.9. The van der Waals surface area contributed by atoms with Crippen LogP contribution in [-0.2, 0) is 9.53 Å². The lowest BCUT2D eigenvalue weighted by molar-refractivity contribution is -0.152. The van der Waals surface area contributed by atoms with Crippen molar-refractivity contribution in [2.45, 2.75) is 12.1 Å². The van der Waals surface area contributed by atoms with Crippen LogP contribution in [0.5, 0.6) is 5.75 Å². The number of phenolic OH excluding ortho intramolecular Hbond substituents is 1. The molecule has 2 aromatic rings. The summed E-state index contributed by atoms with van der Waals surface area (Å²) in [6, 6.07) is 15.9. The largest absolute Gasteiger partial charge is 0.508 e. The van der Waals surface area contributed by atoms with E-state index in [9.17, 15) is 9.90 Å². The number of carbonyl (C=O) groups is 1. The number of aromatic hydroxyl groups is 1. The Bertz CT molecular complexity index is 595. The van der Waals surface area contributed by atoms with E-state index in [0.29, 0.717) is 6.61 Å². The Labute approximate surface area is 117 Å². The molecular formula is C16H15NO3. The van der Waals surface area contributed by atoms with E-state index in [2.05, 4.69) is 5.32 Å². The first-order valence-corrected chi connectivity index (χ1v) is 6.50. The van der Waals surface area contributed by atoms with Crippen LogP contribution < -0.4 is 5.32 Å². The molecule has 102 valence electrons. The van der Waals surface area contributed by atoms with Gasteiger partial charge in [-0.15, -0.1) is 0 Å². The average molecular weight is 269 g/mol. The van der Waals surface area contributed by atoms with Gasteiger partial charge < -0.3 is 9.84 Å². The van der Waals surface area contributed by atoms with Crippen molar-refractivity contribution >= 4 is 5.97 Å². The molecule has 0 bridgehead atoms. The van der Waals surface area contributed by atoms with E-state index >= 15 is 0 Å². The fourth-order valence-corrected chi connectivity index (χ4v) is 2.34. The molecule has 2 atom stereocenters. The number of hydrogen-bond donors (Lipinski definition) is 2. The Morgan fingerprint density at radius 2 is 1.70 bits per heavy atom. The highest BCUT2D eigenvalue weighted by Gasteiger charge is 2.31. The normalized spacial score (nSPS) is 22.3. The number of benzene rings is 2. The molecule has 1 aliphatic heterocycles. The lowest BCUT2D eigenvalue weighted by atomic mass is 10.0. The topological polar surface area (TPSA) is 58.6 Å². The maximum Gasteiger partial charge on any atom is 0.327 e. The van der Waals surface area contributed by atoms with Crippen molar-refractivity contribution in [1.82, 2.24) is 5.32 Å². The van der Waals surface area contributed by atoms with Gasteiger partial charge in [0, 0.05) is 0 Å². The molecule has 0 aliphatic carbocycles. The van der Waals surface area contributed by atoms with Crippen molar-refractivity contribution in [3.8, 4) is 5.75 Å². The molecule has 0 aromatic heterocycles. The van der Waals surface area contributed by atoms with E-state index in [4.69, 9.17) is 4.74 Å². The zero-order valence-corrected chi connectivity index (χ0v) is 10.8. The van der Waals surface area contributed by atoms with Gasteiger partial charge in [-0.3, -0.25) is 5.32 Å².